The van der Waals surface area contributed by atoms with Crippen LogP contribution in [-0.4, -0.2) is 10.8 Å². The van der Waals surface area contributed by atoms with Crippen molar-refractivity contribution in [1.82, 2.24) is 4.98 Å². The maximum Gasteiger partial charge on any atom is 0.152 e. The summed E-state index contributed by atoms with van der Waals surface area (Å²) in [5.74, 6) is -0.00225. The fourth-order valence-corrected chi connectivity index (χ4v) is 1.07. The third-order valence-corrected chi connectivity index (χ3v) is 1.82. The van der Waals surface area contributed by atoms with Crippen molar-refractivity contribution in [2.24, 2.45) is 0 Å². The predicted molar refractivity (Wildman–Crippen MR) is 53.7 cm³/mol. The fourth-order valence-electron chi connectivity index (χ4n) is 0.899. The predicted octanol–water partition coefficient (Wildman–Crippen LogP) is 2.65. The molecule has 0 bridgehead atoms. The van der Waals surface area contributed by atoms with E-state index in [0.29, 0.717) is 5.15 Å². The Morgan fingerprint density at radius 2 is 2.31 bits per heavy atom. The Balaban J connectivity index is 3.00. The Kier molecular flexibility index (Phi) is 3.20. The van der Waals surface area contributed by atoms with Crippen molar-refractivity contribution in [2.75, 3.05) is 0 Å². The van der Waals surface area contributed by atoms with Crippen LogP contribution in [0.15, 0.2) is 18.3 Å². The first kappa shape index (κ1) is 9.93. The van der Waals surface area contributed by atoms with Gasteiger partial charge in [0.1, 0.15) is 5.15 Å². The summed E-state index contributed by atoms with van der Waals surface area (Å²) in [5.41, 5.74) is 1.80. The zero-order valence-corrected chi connectivity index (χ0v) is 8.30. The standard InChI is InChI=1S/C10H10ClNO/c1-7-5-9(4-3-8(2)13)10(11)12-6-7/h3-6H,1-2H3/b4-3+. The number of aryl methyl sites for hydroxylation is 1. The largest absolute Gasteiger partial charge is 0.295 e. The summed E-state index contributed by atoms with van der Waals surface area (Å²) in [6.07, 6.45) is 4.83. The van der Waals surface area contributed by atoms with E-state index in [4.69, 9.17) is 11.6 Å². The quantitative estimate of drug-likeness (QED) is 0.537. The van der Waals surface area contributed by atoms with Gasteiger partial charge in [0.2, 0.25) is 0 Å². The van der Waals surface area contributed by atoms with Crippen LogP contribution < -0.4 is 0 Å². The summed E-state index contributed by atoms with van der Waals surface area (Å²) >= 11 is 5.81. The van der Waals surface area contributed by atoms with Gasteiger partial charge >= 0.3 is 0 Å². The van der Waals surface area contributed by atoms with E-state index in [-0.39, 0.29) is 5.78 Å². The second-order valence-electron chi connectivity index (χ2n) is 2.84. The number of allylic oxidation sites excluding steroid dienone is 1. The number of aromatic nitrogens is 1. The van der Waals surface area contributed by atoms with Gasteiger partial charge in [-0.05, 0) is 37.6 Å². The number of halogens is 1. The van der Waals surface area contributed by atoms with Gasteiger partial charge in [0.25, 0.3) is 0 Å². The van der Waals surface area contributed by atoms with Gasteiger partial charge in [-0.25, -0.2) is 4.98 Å². The van der Waals surface area contributed by atoms with Gasteiger partial charge in [0.05, 0.1) is 0 Å². The molecule has 0 aliphatic heterocycles. The Morgan fingerprint density at radius 3 is 2.92 bits per heavy atom. The summed E-state index contributed by atoms with van der Waals surface area (Å²) in [6.45, 7) is 3.42. The number of hydrogen-bond donors (Lipinski definition) is 0. The lowest BCUT2D eigenvalue weighted by molar-refractivity contribution is -0.112. The minimum absolute atomic E-state index is 0.00225. The van der Waals surface area contributed by atoms with Crippen molar-refractivity contribution in [2.45, 2.75) is 13.8 Å². The smallest absolute Gasteiger partial charge is 0.152 e. The van der Waals surface area contributed by atoms with Crippen LogP contribution in [0.3, 0.4) is 0 Å². The number of carbonyl (C=O) groups excluding carboxylic acids is 1. The molecule has 0 unspecified atom stereocenters. The van der Waals surface area contributed by atoms with Crippen LogP contribution in [0.1, 0.15) is 18.1 Å². The molecule has 13 heavy (non-hydrogen) atoms. The van der Waals surface area contributed by atoms with Gasteiger partial charge in [0, 0.05) is 11.8 Å². The van der Waals surface area contributed by atoms with E-state index in [2.05, 4.69) is 4.98 Å². The number of rotatable bonds is 2. The molecule has 0 fully saturated rings. The normalized spacial score (nSPS) is 10.7. The second-order valence-corrected chi connectivity index (χ2v) is 3.19. The molecule has 0 saturated carbocycles. The van der Waals surface area contributed by atoms with Gasteiger partial charge in [-0.1, -0.05) is 11.6 Å². The number of carbonyl (C=O) groups is 1. The van der Waals surface area contributed by atoms with Crippen molar-refractivity contribution >= 4 is 23.5 Å². The third-order valence-electron chi connectivity index (χ3n) is 1.50. The second kappa shape index (κ2) is 4.19. The van der Waals surface area contributed by atoms with Gasteiger partial charge in [0.15, 0.2) is 5.78 Å². The molecular formula is C10H10ClNO. The number of ketones is 1. The maximum atomic E-state index is 10.7. The monoisotopic (exact) mass is 195 g/mol. The molecule has 1 aromatic rings. The van der Waals surface area contributed by atoms with E-state index < -0.39 is 0 Å². The number of hydrogen-bond acceptors (Lipinski definition) is 2. The Hall–Kier alpha value is -1.15. The highest BCUT2D eigenvalue weighted by Crippen LogP contribution is 2.15. The molecule has 0 spiro atoms. The molecule has 0 amide bonds. The average molecular weight is 196 g/mol. The first-order valence-electron chi connectivity index (χ1n) is 3.90. The van der Waals surface area contributed by atoms with Crippen LogP contribution in [-0.2, 0) is 4.79 Å². The van der Waals surface area contributed by atoms with Gasteiger partial charge < -0.3 is 0 Å². The first-order chi connectivity index (χ1) is 6.09. The first-order valence-corrected chi connectivity index (χ1v) is 4.28. The Labute approximate surface area is 82.3 Å². The fraction of sp³-hybridized carbons (Fsp3) is 0.200. The summed E-state index contributed by atoms with van der Waals surface area (Å²) in [4.78, 5) is 14.6. The molecular weight excluding hydrogens is 186 g/mol. The maximum absolute atomic E-state index is 10.7. The lowest BCUT2D eigenvalue weighted by Crippen LogP contribution is -1.85. The van der Waals surface area contributed by atoms with E-state index in [1.807, 2.05) is 13.0 Å². The van der Waals surface area contributed by atoms with Gasteiger partial charge in [-0.3, -0.25) is 4.79 Å². The molecule has 68 valence electrons. The van der Waals surface area contributed by atoms with Crippen molar-refractivity contribution in [3.8, 4) is 0 Å². The minimum Gasteiger partial charge on any atom is -0.295 e. The van der Waals surface area contributed by atoms with Crippen LogP contribution in [0.4, 0.5) is 0 Å². The summed E-state index contributed by atoms with van der Waals surface area (Å²) < 4.78 is 0. The Morgan fingerprint density at radius 1 is 1.62 bits per heavy atom. The number of nitrogens with zero attached hydrogens (tertiary/aromatic N) is 1. The average Bonchev–Trinajstić information content (AvgIpc) is 2.06. The highest BCUT2D eigenvalue weighted by molar-refractivity contribution is 6.30. The van der Waals surface area contributed by atoms with Crippen molar-refractivity contribution in [1.29, 1.82) is 0 Å². The van der Waals surface area contributed by atoms with Crippen LogP contribution in [0.5, 0.6) is 0 Å². The minimum atomic E-state index is -0.00225. The molecule has 0 aromatic carbocycles. The molecule has 1 heterocycles. The lowest BCUT2D eigenvalue weighted by Gasteiger charge is -1.97. The molecule has 1 aromatic heterocycles. The van der Waals surface area contributed by atoms with Crippen LogP contribution >= 0.6 is 11.6 Å². The molecule has 0 radical (unpaired) electrons. The molecule has 3 heteroatoms. The van der Waals surface area contributed by atoms with E-state index in [1.165, 1.54) is 13.0 Å². The summed E-state index contributed by atoms with van der Waals surface area (Å²) in [6, 6.07) is 1.88. The van der Waals surface area contributed by atoms with Crippen LogP contribution in [0, 0.1) is 6.92 Å². The van der Waals surface area contributed by atoms with Crippen molar-refractivity contribution < 1.29 is 4.79 Å². The summed E-state index contributed by atoms with van der Waals surface area (Å²) in [5, 5.41) is 0.420. The number of pyridine rings is 1. The zero-order chi connectivity index (χ0) is 9.84. The molecule has 1 rings (SSSR count). The van der Waals surface area contributed by atoms with Gasteiger partial charge in [-0.2, -0.15) is 0 Å². The summed E-state index contributed by atoms with van der Waals surface area (Å²) in [7, 11) is 0. The lowest BCUT2D eigenvalue weighted by atomic mass is 10.2. The van der Waals surface area contributed by atoms with Crippen LogP contribution in [0.2, 0.25) is 5.15 Å². The van der Waals surface area contributed by atoms with E-state index in [9.17, 15) is 4.79 Å². The molecule has 0 aliphatic carbocycles. The highest BCUT2D eigenvalue weighted by atomic mass is 35.5. The molecule has 0 saturated heterocycles. The van der Waals surface area contributed by atoms with Crippen LogP contribution in [0.25, 0.3) is 6.08 Å². The van der Waals surface area contributed by atoms with E-state index in [0.717, 1.165) is 11.1 Å². The van der Waals surface area contributed by atoms with Crippen molar-refractivity contribution in [3.63, 3.8) is 0 Å². The molecule has 0 atom stereocenters. The van der Waals surface area contributed by atoms with E-state index in [1.54, 1.807) is 12.3 Å². The van der Waals surface area contributed by atoms with E-state index >= 15 is 0 Å². The third kappa shape index (κ3) is 2.99. The molecule has 0 N–H and O–H groups in total. The SMILES string of the molecule is CC(=O)/C=C/c1cc(C)cnc1Cl. The van der Waals surface area contributed by atoms with Crippen molar-refractivity contribution in [3.05, 3.63) is 34.6 Å². The van der Waals surface area contributed by atoms with Gasteiger partial charge in [-0.15, -0.1) is 0 Å². The highest BCUT2D eigenvalue weighted by Gasteiger charge is 1.97. The Bertz CT molecular complexity index is 358. The molecule has 0 aliphatic rings. The molecule has 2 nitrogen and oxygen atoms in total. The topological polar surface area (TPSA) is 30.0 Å². The zero-order valence-electron chi connectivity index (χ0n) is 7.54.